The van der Waals surface area contributed by atoms with Crippen molar-refractivity contribution in [2.24, 2.45) is 0 Å². The number of rotatable bonds is 13. The van der Waals surface area contributed by atoms with Gasteiger partial charge in [0.15, 0.2) is 6.29 Å². The Bertz CT molecular complexity index is 1900. The molecule has 4 aromatic carbocycles. The second-order valence-corrected chi connectivity index (χ2v) is 14.4. The molecule has 282 valence electrons. The number of anilines is 1. The number of carbonyl (C=O) groups excluding carboxylic acids is 2. The van der Waals surface area contributed by atoms with Crippen molar-refractivity contribution >= 4 is 23.5 Å². The fraction of sp³-hybridized carbons (Fsp3) is 0.372. The number of carboxylic acids is 1. The number of likely N-dealkylation sites (tertiary alicyclic amines) is 1. The van der Waals surface area contributed by atoms with E-state index in [0.717, 1.165) is 65.0 Å². The maximum Gasteiger partial charge on any atom is 0.303 e. The number of aliphatic hydroxyl groups is 1. The SMILES string of the molecule is O=C(O)CCCC(=O)NCc1ccccc1-c1ccc([C@@H]2O[C@H](CN3CCC4(CC3)C(=O)NCN4c3ccccc3)C[C@H](c3ccc(CO)cc3)O2)cc1. The van der Waals surface area contributed by atoms with Crippen LogP contribution < -0.4 is 15.5 Å². The predicted molar refractivity (Wildman–Crippen MR) is 204 cm³/mol. The third-order valence-corrected chi connectivity index (χ3v) is 10.9. The molecule has 0 bridgehead atoms. The summed E-state index contributed by atoms with van der Waals surface area (Å²) in [6.45, 7) is 3.08. The largest absolute Gasteiger partial charge is 0.481 e. The molecule has 1 spiro atoms. The number of hydrogen-bond donors (Lipinski definition) is 4. The number of benzene rings is 4. The van der Waals surface area contributed by atoms with Crippen molar-refractivity contribution in [3.8, 4) is 11.1 Å². The fourth-order valence-electron chi connectivity index (χ4n) is 7.92. The highest BCUT2D eigenvalue weighted by molar-refractivity contribution is 5.93. The Hall–Kier alpha value is -5.07. The van der Waals surface area contributed by atoms with Crippen molar-refractivity contribution in [2.75, 3.05) is 31.2 Å². The van der Waals surface area contributed by atoms with Crippen LogP contribution in [0.15, 0.2) is 103 Å². The van der Waals surface area contributed by atoms with Crippen LogP contribution in [0.2, 0.25) is 0 Å². The average Bonchev–Trinajstić information content (AvgIpc) is 3.52. The molecule has 11 nitrogen and oxygen atoms in total. The number of nitrogens with one attached hydrogen (secondary N) is 2. The van der Waals surface area contributed by atoms with Crippen molar-refractivity contribution in [1.29, 1.82) is 0 Å². The zero-order chi connectivity index (χ0) is 37.5. The Morgan fingerprint density at radius 2 is 1.56 bits per heavy atom. The van der Waals surface area contributed by atoms with Crippen molar-refractivity contribution in [2.45, 2.75) is 75.7 Å². The first-order valence-corrected chi connectivity index (χ1v) is 18.8. The lowest BCUT2D eigenvalue weighted by Crippen LogP contribution is -2.57. The van der Waals surface area contributed by atoms with Gasteiger partial charge in [-0.15, -0.1) is 0 Å². The minimum absolute atomic E-state index is 0.0228. The molecule has 0 aromatic heterocycles. The van der Waals surface area contributed by atoms with Gasteiger partial charge < -0.3 is 40.1 Å². The second-order valence-electron chi connectivity index (χ2n) is 14.4. The molecule has 2 amide bonds. The number of aliphatic hydroxyl groups excluding tert-OH is 1. The lowest BCUT2D eigenvalue weighted by atomic mass is 9.85. The third-order valence-electron chi connectivity index (χ3n) is 10.9. The Morgan fingerprint density at radius 1 is 0.852 bits per heavy atom. The van der Waals surface area contributed by atoms with Gasteiger partial charge >= 0.3 is 5.97 Å². The molecule has 3 aliphatic rings. The molecular formula is C43H48N4O7. The van der Waals surface area contributed by atoms with Crippen LogP contribution in [-0.2, 0) is 37.0 Å². The van der Waals surface area contributed by atoms with E-state index in [9.17, 15) is 19.5 Å². The smallest absolute Gasteiger partial charge is 0.303 e. The summed E-state index contributed by atoms with van der Waals surface area (Å²) < 4.78 is 13.3. The predicted octanol–water partition coefficient (Wildman–Crippen LogP) is 5.69. The van der Waals surface area contributed by atoms with Crippen LogP contribution in [0.4, 0.5) is 5.69 Å². The van der Waals surface area contributed by atoms with Gasteiger partial charge in [0.05, 0.1) is 25.5 Å². The summed E-state index contributed by atoms with van der Waals surface area (Å²) in [7, 11) is 0. The Morgan fingerprint density at radius 3 is 2.28 bits per heavy atom. The van der Waals surface area contributed by atoms with E-state index in [4.69, 9.17) is 14.6 Å². The molecule has 7 rings (SSSR count). The standard InChI is InChI=1S/C43H48N4O7/c48-28-30-13-15-32(16-14-30)38-25-36(27-46-23-21-43(22-24-46)42(52)45-29-47(43)35-8-2-1-3-9-35)53-41(54-38)33-19-17-31(18-20-33)37-10-5-4-7-34(37)26-44-39(49)11-6-12-40(50)51/h1-5,7-10,13-20,36,38,41,48H,6,11-12,21-29H2,(H,44,49)(H,45,52)(H,50,51)/t36-,38+,41+/m0/s1. The van der Waals surface area contributed by atoms with Gasteiger partial charge in [-0.1, -0.05) is 91.0 Å². The van der Waals surface area contributed by atoms with Gasteiger partial charge in [0.1, 0.15) is 5.54 Å². The molecule has 0 saturated carbocycles. The maximum atomic E-state index is 13.3. The molecule has 0 radical (unpaired) electrons. The van der Waals surface area contributed by atoms with Crippen LogP contribution in [0.1, 0.15) is 73.2 Å². The van der Waals surface area contributed by atoms with E-state index in [2.05, 4.69) is 32.6 Å². The van der Waals surface area contributed by atoms with Crippen molar-refractivity contribution in [1.82, 2.24) is 15.5 Å². The molecule has 3 atom stereocenters. The van der Waals surface area contributed by atoms with E-state index in [1.165, 1.54) is 0 Å². The van der Waals surface area contributed by atoms with E-state index in [1.807, 2.05) is 91.0 Å². The highest BCUT2D eigenvalue weighted by Gasteiger charge is 2.50. The normalized spacial score (nSPS) is 21.2. The topological polar surface area (TPSA) is 141 Å². The summed E-state index contributed by atoms with van der Waals surface area (Å²) in [5, 5.41) is 24.5. The first-order chi connectivity index (χ1) is 26.3. The molecule has 54 heavy (non-hydrogen) atoms. The van der Waals surface area contributed by atoms with Gasteiger partial charge in [-0.3, -0.25) is 14.4 Å². The molecule has 4 N–H and O–H groups in total. The number of para-hydroxylation sites is 1. The number of piperidine rings is 1. The first kappa shape index (κ1) is 37.3. The molecule has 4 aromatic rings. The maximum absolute atomic E-state index is 13.3. The number of carbonyl (C=O) groups is 3. The molecule has 3 saturated heterocycles. The zero-order valence-electron chi connectivity index (χ0n) is 30.4. The molecule has 0 unspecified atom stereocenters. The summed E-state index contributed by atoms with van der Waals surface area (Å²) in [6, 6.07) is 34.1. The molecule has 3 heterocycles. The lowest BCUT2D eigenvalue weighted by molar-refractivity contribution is -0.253. The first-order valence-electron chi connectivity index (χ1n) is 18.8. The summed E-state index contributed by atoms with van der Waals surface area (Å²) in [6.07, 6.45) is 1.61. The molecular weight excluding hydrogens is 684 g/mol. The van der Waals surface area contributed by atoms with E-state index >= 15 is 0 Å². The van der Waals surface area contributed by atoms with E-state index in [0.29, 0.717) is 32.6 Å². The van der Waals surface area contributed by atoms with Gasteiger partial charge in [0, 0.05) is 56.7 Å². The third kappa shape index (κ3) is 8.50. The van der Waals surface area contributed by atoms with E-state index in [-0.39, 0.29) is 43.5 Å². The van der Waals surface area contributed by atoms with Crippen molar-refractivity contribution in [3.05, 3.63) is 125 Å². The number of aliphatic carboxylic acids is 1. The van der Waals surface area contributed by atoms with Gasteiger partial charge in [0.25, 0.3) is 0 Å². The highest BCUT2D eigenvalue weighted by atomic mass is 16.7. The van der Waals surface area contributed by atoms with Crippen LogP contribution in [0.5, 0.6) is 0 Å². The molecule has 3 fully saturated rings. The monoisotopic (exact) mass is 732 g/mol. The van der Waals surface area contributed by atoms with Crippen molar-refractivity contribution in [3.63, 3.8) is 0 Å². The quantitative estimate of drug-likeness (QED) is 0.137. The summed E-state index contributed by atoms with van der Waals surface area (Å²) >= 11 is 0. The Kier molecular flexibility index (Phi) is 11.7. The summed E-state index contributed by atoms with van der Waals surface area (Å²) in [5.41, 5.74) is 6.20. The Labute approximate surface area is 315 Å². The van der Waals surface area contributed by atoms with Crippen molar-refractivity contribution < 1.29 is 34.1 Å². The number of nitrogens with zero attached hydrogens (tertiary/aromatic N) is 2. The minimum Gasteiger partial charge on any atom is -0.481 e. The fourth-order valence-corrected chi connectivity index (χ4v) is 7.92. The van der Waals surface area contributed by atoms with Gasteiger partial charge in [-0.2, -0.15) is 0 Å². The summed E-state index contributed by atoms with van der Waals surface area (Å²) in [5.74, 6) is -0.982. The average molecular weight is 733 g/mol. The molecule has 3 aliphatic heterocycles. The molecule has 11 heteroatoms. The van der Waals surface area contributed by atoms with E-state index < -0.39 is 17.8 Å². The Balaban J connectivity index is 1.04. The van der Waals surface area contributed by atoms with Crippen LogP contribution in [0.25, 0.3) is 11.1 Å². The number of carboxylic acid groups (broad SMARTS) is 1. The van der Waals surface area contributed by atoms with Crippen LogP contribution in [0, 0.1) is 0 Å². The number of ether oxygens (including phenoxy) is 2. The second kappa shape index (κ2) is 16.9. The van der Waals surface area contributed by atoms with Crippen LogP contribution in [0.3, 0.4) is 0 Å². The van der Waals surface area contributed by atoms with E-state index in [1.54, 1.807) is 0 Å². The minimum atomic E-state index is -0.907. The zero-order valence-corrected chi connectivity index (χ0v) is 30.4. The number of hydrogen-bond acceptors (Lipinski definition) is 8. The number of amides is 2. The van der Waals surface area contributed by atoms with Crippen LogP contribution in [-0.4, -0.2) is 70.8 Å². The molecule has 0 aliphatic carbocycles. The highest BCUT2D eigenvalue weighted by Crippen LogP contribution is 2.40. The van der Waals surface area contributed by atoms with Gasteiger partial charge in [-0.25, -0.2) is 0 Å². The van der Waals surface area contributed by atoms with Crippen LogP contribution >= 0.6 is 0 Å². The lowest BCUT2D eigenvalue weighted by Gasteiger charge is -2.45. The van der Waals surface area contributed by atoms with Gasteiger partial charge in [-0.05, 0) is 59.2 Å². The van der Waals surface area contributed by atoms with Gasteiger partial charge in [0.2, 0.25) is 11.8 Å². The summed E-state index contributed by atoms with van der Waals surface area (Å²) in [4.78, 5) is 41.1.